The van der Waals surface area contributed by atoms with E-state index in [-0.39, 0.29) is 29.7 Å². The summed E-state index contributed by atoms with van der Waals surface area (Å²) in [6, 6.07) is 8.01. The standard InChI is InChI=1S/C18H28F2N4O.HI/c1-13(2)24(15-8-9-15)11-10-22-18(21-3)23-12-14-6-4-5-7-16(14)25-17(19)20;/h4-7,13,15,17H,8-12H2,1-3H3,(H2,21,22,23);1H. The van der Waals surface area contributed by atoms with Crippen LogP contribution in [-0.2, 0) is 6.54 Å². The van der Waals surface area contributed by atoms with E-state index in [9.17, 15) is 8.78 Å². The van der Waals surface area contributed by atoms with Crippen molar-refractivity contribution >= 4 is 29.9 Å². The smallest absolute Gasteiger partial charge is 0.387 e. The molecule has 2 N–H and O–H groups in total. The van der Waals surface area contributed by atoms with Crippen LogP contribution in [0.4, 0.5) is 8.78 Å². The highest BCUT2D eigenvalue weighted by Crippen LogP contribution is 2.27. The summed E-state index contributed by atoms with van der Waals surface area (Å²) in [4.78, 5) is 6.67. The molecule has 1 aliphatic rings. The molecule has 1 aromatic carbocycles. The Balaban J connectivity index is 0.00000338. The monoisotopic (exact) mass is 482 g/mol. The Morgan fingerprint density at radius 2 is 1.96 bits per heavy atom. The number of hydrogen-bond acceptors (Lipinski definition) is 3. The molecule has 0 unspecified atom stereocenters. The Bertz CT molecular complexity index is 566. The van der Waals surface area contributed by atoms with Crippen LogP contribution in [0, 0.1) is 0 Å². The molecular formula is C18H29F2IN4O. The highest BCUT2D eigenvalue weighted by Gasteiger charge is 2.30. The minimum Gasteiger partial charge on any atom is -0.434 e. The Labute approximate surface area is 171 Å². The summed E-state index contributed by atoms with van der Waals surface area (Å²) in [5.41, 5.74) is 0.660. The fourth-order valence-electron chi connectivity index (χ4n) is 2.83. The first-order valence-electron chi connectivity index (χ1n) is 8.74. The number of nitrogens with one attached hydrogen (secondary N) is 2. The van der Waals surface area contributed by atoms with Gasteiger partial charge in [-0.2, -0.15) is 8.78 Å². The molecule has 1 fully saturated rings. The highest BCUT2D eigenvalue weighted by atomic mass is 127. The lowest BCUT2D eigenvalue weighted by Gasteiger charge is -2.26. The first-order chi connectivity index (χ1) is 12.0. The SMILES string of the molecule is CN=C(NCCN(C(C)C)C1CC1)NCc1ccccc1OC(F)F.I. The van der Waals surface area contributed by atoms with Gasteiger partial charge in [0.2, 0.25) is 0 Å². The fourth-order valence-corrected chi connectivity index (χ4v) is 2.83. The third-order valence-electron chi connectivity index (χ3n) is 4.20. The van der Waals surface area contributed by atoms with Crippen LogP contribution in [0.3, 0.4) is 0 Å². The topological polar surface area (TPSA) is 48.9 Å². The maximum Gasteiger partial charge on any atom is 0.387 e. The van der Waals surface area contributed by atoms with Gasteiger partial charge in [-0.25, -0.2) is 0 Å². The van der Waals surface area contributed by atoms with E-state index in [4.69, 9.17) is 0 Å². The van der Waals surface area contributed by atoms with Crippen LogP contribution in [0.25, 0.3) is 0 Å². The number of alkyl halides is 2. The third-order valence-corrected chi connectivity index (χ3v) is 4.20. The molecule has 1 aromatic rings. The van der Waals surface area contributed by atoms with Gasteiger partial charge in [0.05, 0.1) is 0 Å². The van der Waals surface area contributed by atoms with Crippen LogP contribution in [0.5, 0.6) is 5.75 Å². The number of benzene rings is 1. The largest absolute Gasteiger partial charge is 0.434 e. The predicted octanol–water partition coefficient (Wildman–Crippen LogP) is 3.44. The van der Waals surface area contributed by atoms with E-state index in [0.29, 0.717) is 24.1 Å². The molecule has 26 heavy (non-hydrogen) atoms. The number of halogens is 3. The summed E-state index contributed by atoms with van der Waals surface area (Å²) in [5, 5.41) is 6.42. The van der Waals surface area contributed by atoms with Gasteiger partial charge < -0.3 is 15.4 Å². The fraction of sp³-hybridized carbons (Fsp3) is 0.611. The van der Waals surface area contributed by atoms with E-state index in [0.717, 1.165) is 19.1 Å². The molecule has 2 rings (SSSR count). The molecule has 0 amide bonds. The van der Waals surface area contributed by atoms with Gasteiger partial charge in [0.15, 0.2) is 5.96 Å². The minimum absolute atomic E-state index is 0. The van der Waals surface area contributed by atoms with E-state index >= 15 is 0 Å². The first-order valence-corrected chi connectivity index (χ1v) is 8.74. The molecule has 0 radical (unpaired) electrons. The van der Waals surface area contributed by atoms with Crippen molar-refractivity contribution in [2.75, 3.05) is 20.1 Å². The van der Waals surface area contributed by atoms with Crippen molar-refractivity contribution in [1.29, 1.82) is 0 Å². The van der Waals surface area contributed by atoms with Crippen LogP contribution in [0.15, 0.2) is 29.3 Å². The summed E-state index contributed by atoms with van der Waals surface area (Å²) in [7, 11) is 1.69. The van der Waals surface area contributed by atoms with Crippen LogP contribution in [0.1, 0.15) is 32.3 Å². The van der Waals surface area contributed by atoms with Gasteiger partial charge in [0.1, 0.15) is 5.75 Å². The Hall–Kier alpha value is -1.16. The number of ether oxygens (including phenoxy) is 1. The Morgan fingerprint density at radius 3 is 2.54 bits per heavy atom. The molecule has 0 aliphatic heterocycles. The van der Waals surface area contributed by atoms with E-state index in [1.807, 2.05) is 0 Å². The Kier molecular flexibility index (Phi) is 10.1. The van der Waals surface area contributed by atoms with Crippen molar-refractivity contribution < 1.29 is 13.5 Å². The number of aliphatic imine (C=N–C) groups is 1. The van der Waals surface area contributed by atoms with Crippen LogP contribution >= 0.6 is 24.0 Å². The lowest BCUT2D eigenvalue weighted by Crippen LogP contribution is -2.43. The van der Waals surface area contributed by atoms with Crippen molar-refractivity contribution in [3.63, 3.8) is 0 Å². The van der Waals surface area contributed by atoms with Gasteiger partial charge in [-0.3, -0.25) is 9.89 Å². The van der Waals surface area contributed by atoms with Gasteiger partial charge in [-0.05, 0) is 32.8 Å². The summed E-state index contributed by atoms with van der Waals surface area (Å²) in [6.45, 7) is 3.69. The molecule has 0 saturated heterocycles. The number of rotatable bonds is 9. The molecular weight excluding hydrogens is 453 g/mol. The molecule has 8 heteroatoms. The average molecular weight is 482 g/mol. The zero-order valence-corrected chi connectivity index (χ0v) is 17.9. The van der Waals surface area contributed by atoms with Crippen LogP contribution < -0.4 is 15.4 Å². The summed E-state index contributed by atoms with van der Waals surface area (Å²) in [6.07, 6.45) is 2.57. The van der Waals surface area contributed by atoms with E-state index in [1.54, 1.807) is 25.2 Å². The minimum atomic E-state index is -2.83. The molecule has 0 bridgehead atoms. The highest BCUT2D eigenvalue weighted by molar-refractivity contribution is 14.0. The van der Waals surface area contributed by atoms with Gasteiger partial charge in [-0.15, -0.1) is 24.0 Å². The molecule has 1 saturated carbocycles. The molecule has 0 aromatic heterocycles. The zero-order chi connectivity index (χ0) is 18.2. The third kappa shape index (κ3) is 7.61. The summed E-state index contributed by atoms with van der Waals surface area (Å²) in [5.74, 6) is 0.825. The average Bonchev–Trinajstić information content (AvgIpc) is 3.39. The second-order valence-corrected chi connectivity index (χ2v) is 6.40. The number of guanidine groups is 1. The van der Waals surface area contributed by atoms with Crippen molar-refractivity contribution in [3.8, 4) is 5.75 Å². The lowest BCUT2D eigenvalue weighted by atomic mass is 10.2. The molecule has 1 aliphatic carbocycles. The van der Waals surface area contributed by atoms with Crippen LogP contribution in [0.2, 0.25) is 0 Å². The summed E-state index contributed by atoms with van der Waals surface area (Å²) >= 11 is 0. The van der Waals surface area contributed by atoms with Gasteiger partial charge >= 0.3 is 6.61 Å². The van der Waals surface area contributed by atoms with Crippen molar-refractivity contribution in [1.82, 2.24) is 15.5 Å². The second kappa shape index (κ2) is 11.5. The van der Waals surface area contributed by atoms with E-state index in [2.05, 4.69) is 39.1 Å². The van der Waals surface area contributed by atoms with Gasteiger partial charge in [0, 0.05) is 44.3 Å². The lowest BCUT2D eigenvalue weighted by molar-refractivity contribution is -0.0504. The maximum absolute atomic E-state index is 12.5. The summed E-state index contributed by atoms with van der Waals surface area (Å²) < 4.78 is 29.5. The number of para-hydroxylation sites is 1. The molecule has 0 atom stereocenters. The first kappa shape index (κ1) is 22.9. The number of hydrogen-bond donors (Lipinski definition) is 2. The normalized spacial score (nSPS) is 14.5. The number of nitrogens with zero attached hydrogens (tertiary/aromatic N) is 2. The predicted molar refractivity (Wildman–Crippen MR) is 112 cm³/mol. The van der Waals surface area contributed by atoms with Crippen molar-refractivity contribution in [2.45, 2.75) is 51.9 Å². The molecule has 148 valence electrons. The quantitative estimate of drug-likeness (QED) is 0.322. The maximum atomic E-state index is 12.5. The van der Waals surface area contributed by atoms with E-state index in [1.165, 1.54) is 18.9 Å². The molecule has 5 nitrogen and oxygen atoms in total. The second-order valence-electron chi connectivity index (χ2n) is 6.40. The van der Waals surface area contributed by atoms with Crippen LogP contribution in [-0.4, -0.2) is 49.7 Å². The van der Waals surface area contributed by atoms with Gasteiger partial charge in [-0.1, -0.05) is 18.2 Å². The zero-order valence-electron chi connectivity index (χ0n) is 15.5. The molecule has 0 spiro atoms. The van der Waals surface area contributed by atoms with Gasteiger partial charge in [0.25, 0.3) is 0 Å². The van der Waals surface area contributed by atoms with Crippen molar-refractivity contribution in [2.24, 2.45) is 4.99 Å². The Morgan fingerprint density at radius 1 is 1.27 bits per heavy atom. The van der Waals surface area contributed by atoms with Crippen molar-refractivity contribution in [3.05, 3.63) is 29.8 Å². The van der Waals surface area contributed by atoms with E-state index < -0.39 is 6.61 Å². The molecule has 0 heterocycles.